The van der Waals surface area contributed by atoms with E-state index in [2.05, 4.69) is 10.0 Å². The summed E-state index contributed by atoms with van der Waals surface area (Å²) in [6.07, 6.45) is 3.06. The van der Waals surface area contributed by atoms with E-state index in [1.165, 1.54) is 24.3 Å². The number of aliphatic carboxylic acids is 1. The van der Waals surface area contributed by atoms with E-state index in [0.717, 1.165) is 0 Å². The van der Waals surface area contributed by atoms with Gasteiger partial charge in [-0.15, -0.1) is 0 Å². The Morgan fingerprint density at radius 3 is 2.57 bits per heavy atom. The van der Waals surface area contributed by atoms with E-state index < -0.39 is 33.0 Å². The second-order valence-corrected chi connectivity index (χ2v) is 6.84. The average Bonchev–Trinajstić information content (AvgIpc) is 2.95. The molecule has 0 heterocycles. The lowest BCUT2D eigenvalue weighted by Crippen LogP contribution is -2.27. The molecule has 0 radical (unpaired) electrons. The highest BCUT2D eigenvalue weighted by Crippen LogP contribution is 2.31. The minimum Gasteiger partial charge on any atom is -0.481 e. The Morgan fingerprint density at radius 2 is 2.00 bits per heavy atom. The fraction of sp³-hybridized carbons (Fsp3) is 0.308. The number of carboxylic acid groups (broad SMARTS) is 1. The summed E-state index contributed by atoms with van der Waals surface area (Å²) in [7, 11) is -3.56. The van der Waals surface area contributed by atoms with E-state index in [1.807, 2.05) is 0 Å². The van der Waals surface area contributed by atoms with E-state index in [4.69, 9.17) is 10.6 Å². The molecule has 1 aliphatic rings. The largest absolute Gasteiger partial charge is 0.481 e. The van der Waals surface area contributed by atoms with Crippen LogP contribution < -0.4 is 0 Å². The highest BCUT2D eigenvalue weighted by atomic mass is 32.2. The lowest BCUT2D eigenvalue weighted by atomic mass is 10.0. The number of nitrogens with zero attached hydrogens (tertiary/aromatic N) is 3. The molecule has 0 saturated carbocycles. The van der Waals surface area contributed by atoms with E-state index >= 15 is 0 Å². The Labute approximate surface area is 121 Å². The van der Waals surface area contributed by atoms with Gasteiger partial charge in [0.05, 0.1) is 10.1 Å². The molecule has 0 spiro atoms. The molecule has 3 atom stereocenters. The van der Waals surface area contributed by atoms with Crippen molar-refractivity contribution in [3.05, 3.63) is 52.9 Å². The van der Waals surface area contributed by atoms with Crippen molar-refractivity contribution in [3.8, 4) is 0 Å². The number of hydrogen-bond donors (Lipinski definition) is 1. The minimum absolute atomic E-state index is 0.0905. The summed E-state index contributed by atoms with van der Waals surface area (Å²) in [5.41, 5.74) is 8.40. The highest BCUT2D eigenvalue weighted by Gasteiger charge is 2.36. The number of hydrogen-bond acceptors (Lipinski definition) is 4. The van der Waals surface area contributed by atoms with Gasteiger partial charge in [-0.2, -0.15) is 0 Å². The highest BCUT2D eigenvalue weighted by molar-refractivity contribution is 7.92. The van der Waals surface area contributed by atoms with Gasteiger partial charge in [-0.05, 0) is 30.0 Å². The van der Waals surface area contributed by atoms with Gasteiger partial charge in [0.2, 0.25) is 0 Å². The number of sulfone groups is 1. The standard InChI is InChI=1S/C13H13N3O4S/c14-16-15-12(13(17)18)9-6-7-11(8-9)21(19,20)10-4-2-1-3-5-10/h1-7,9,11-12H,8H2,(H,17,18)/t9-,11+,12+/m1/s1. The van der Waals surface area contributed by atoms with Crippen LogP contribution in [0.2, 0.25) is 0 Å². The van der Waals surface area contributed by atoms with Gasteiger partial charge in [-0.3, -0.25) is 4.79 Å². The first-order valence-electron chi connectivity index (χ1n) is 6.21. The molecule has 0 bridgehead atoms. The lowest BCUT2D eigenvalue weighted by molar-refractivity contribution is -0.139. The molecule has 1 aromatic carbocycles. The molecule has 0 unspecified atom stereocenters. The first-order chi connectivity index (χ1) is 9.96. The fourth-order valence-corrected chi connectivity index (χ4v) is 3.97. The number of rotatable bonds is 5. The van der Waals surface area contributed by atoms with Crippen LogP contribution in [0, 0.1) is 5.92 Å². The van der Waals surface area contributed by atoms with Gasteiger partial charge in [0.25, 0.3) is 0 Å². The molecule has 0 saturated heterocycles. The van der Waals surface area contributed by atoms with Crippen LogP contribution in [0.25, 0.3) is 10.4 Å². The molecule has 1 N–H and O–H groups in total. The predicted molar refractivity (Wildman–Crippen MR) is 75.2 cm³/mol. The van der Waals surface area contributed by atoms with Crippen LogP contribution in [-0.2, 0) is 14.6 Å². The van der Waals surface area contributed by atoms with Crippen LogP contribution in [0.5, 0.6) is 0 Å². The second-order valence-electron chi connectivity index (χ2n) is 4.67. The third kappa shape index (κ3) is 3.07. The van der Waals surface area contributed by atoms with Crippen molar-refractivity contribution >= 4 is 15.8 Å². The molecular weight excluding hydrogens is 294 g/mol. The average molecular weight is 307 g/mol. The Balaban J connectivity index is 2.22. The summed E-state index contributed by atoms with van der Waals surface area (Å²) < 4.78 is 24.9. The van der Waals surface area contributed by atoms with Gasteiger partial charge in [0, 0.05) is 4.91 Å². The Bertz CT molecular complexity index is 706. The molecule has 8 heteroatoms. The molecule has 110 valence electrons. The van der Waals surface area contributed by atoms with Crippen molar-refractivity contribution in [1.29, 1.82) is 0 Å². The van der Waals surface area contributed by atoms with Crippen LogP contribution in [0.3, 0.4) is 0 Å². The quantitative estimate of drug-likeness (QED) is 0.388. The molecular formula is C13H13N3O4S. The number of carboxylic acids is 1. The van der Waals surface area contributed by atoms with Crippen LogP contribution >= 0.6 is 0 Å². The zero-order chi connectivity index (χ0) is 15.5. The van der Waals surface area contributed by atoms with E-state index in [0.29, 0.717) is 0 Å². The van der Waals surface area contributed by atoms with Gasteiger partial charge in [-0.25, -0.2) is 8.42 Å². The number of azide groups is 1. The summed E-state index contributed by atoms with van der Waals surface area (Å²) in [5.74, 6) is -1.89. The third-order valence-corrected chi connectivity index (χ3v) is 5.46. The zero-order valence-corrected chi connectivity index (χ0v) is 11.7. The SMILES string of the molecule is [N-]=[N+]=N[C@H](C(=O)O)[C@@H]1C=C[C@H](S(=O)(=O)c2ccccc2)C1. The van der Waals surface area contributed by atoms with Crippen molar-refractivity contribution in [2.45, 2.75) is 22.6 Å². The molecule has 0 aliphatic heterocycles. The maximum absolute atomic E-state index is 12.4. The molecule has 1 aromatic rings. The summed E-state index contributed by atoms with van der Waals surface area (Å²) in [6, 6.07) is 6.68. The van der Waals surface area contributed by atoms with Gasteiger partial charge in [0.1, 0.15) is 6.04 Å². The Kier molecular flexibility index (Phi) is 4.30. The molecule has 7 nitrogen and oxygen atoms in total. The molecule has 0 fully saturated rings. The maximum Gasteiger partial charge on any atom is 0.313 e. The van der Waals surface area contributed by atoms with Crippen LogP contribution in [0.1, 0.15) is 6.42 Å². The molecule has 2 rings (SSSR count). The molecule has 0 amide bonds. The molecule has 21 heavy (non-hydrogen) atoms. The van der Waals surface area contributed by atoms with Crippen molar-refractivity contribution < 1.29 is 18.3 Å². The predicted octanol–water partition coefficient (Wildman–Crippen LogP) is 2.17. The van der Waals surface area contributed by atoms with Crippen molar-refractivity contribution in [1.82, 2.24) is 0 Å². The van der Waals surface area contributed by atoms with E-state index in [-0.39, 0.29) is 11.3 Å². The summed E-state index contributed by atoms with van der Waals surface area (Å²) >= 11 is 0. The first-order valence-corrected chi connectivity index (χ1v) is 7.75. The number of benzene rings is 1. The van der Waals surface area contributed by atoms with Crippen molar-refractivity contribution in [3.63, 3.8) is 0 Å². The van der Waals surface area contributed by atoms with Gasteiger partial charge in [-0.1, -0.05) is 35.5 Å². The number of carbonyl (C=O) groups is 1. The third-order valence-electron chi connectivity index (χ3n) is 3.38. The van der Waals surface area contributed by atoms with Gasteiger partial charge < -0.3 is 5.11 Å². The maximum atomic E-state index is 12.4. The summed E-state index contributed by atoms with van der Waals surface area (Å²) in [6.45, 7) is 0. The van der Waals surface area contributed by atoms with Gasteiger partial charge >= 0.3 is 5.97 Å². The topological polar surface area (TPSA) is 120 Å². The fourth-order valence-electron chi connectivity index (χ4n) is 2.32. The van der Waals surface area contributed by atoms with Crippen LogP contribution in [0.15, 0.2) is 52.5 Å². The molecule has 1 aliphatic carbocycles. The van der Waals surface area contributed by atoms with Crippen LogP contribution in [-0.4, -0.2) is 30.8 Å². The first kappa shape index (κ1) is 15.1. The van der Waals surface area contributed by atoms with E-state index in [1.54, 1.807) is 18.2 Å². The van der Waals surface area contributed by atoms with E-state index in [9.17, 15) is 13.2 Å². The smallest absolute Gasteiger partial charge is 0.313 e. The Morgan fingerprint density at radius 1 is 1.33 bits per heavy atom. The second kappa shape index (κ2) is 5.99. The van der Waals surface area contributed by atoms with Crippen molar-refractivity contribution in [2.75, 3.05) is 0 Å². The zero-order valence-electron chi connectivity index (χ0n) is 10.9. The monoisotopic (exact) mass is 307 g/mol. The normalized spacial score (nSPS) is 22.5. The van der Waals surface area contributed by atoms with Crippen molar-refractivity contribution in [2.24, 2.45) is 11.0 Å². The van der Waals surface area contributed by atoms with Gasteiger partial charge in [0.15, 0.2) is 9.84 Å². The molecule has 0 aromatic heterocycles. The lowest BCUT2D eigenvalue weighted by Gasteiger charge is -2.15. The Hall–Kier alpha value is -2.31. The van der Waals surface area contributed by atoms with Crippen LogP contribution in [0.4, 0.5) is 0 Å². The summed E-state index contributed by atoms with van der Waals surface area (Å²) in [4.78, 5) is 13.8. The summed E-state index contributed by atoms with van der Waals surface area (Å²) in [5, 5.41) is 11.4. The minimum atomic E-state index is -3.56.